The molecule has 1 heterocycles. The Bertz CT molecular complexity index is 329. The van der Waals surface area contributed by atoms with Crippen molar-refractivity contribution in [1.82, 2.24) is 0 Å². The van der Waals surface area contributed by atoms with Gasteiger partial charge in [0, 0.05) is 13.2 Å². The van der Waals surface area contributed by atoms with Crippen molar-refractivity contribution in [3.8, 4) is 0 Å². The van der Waals surface area contributed by atoms with Crippen LogP contribution >= 0.6 is 0 Å². The standard InChI is InChI=1S/C12H21N3O2/c1-8(2)7-10(12(14)16)11(13)15-9-3-5-17-6-4-9/h7-9H,3-6H2,1-2H3,(H2,13,15)(H2,14,16)/b10-7+. The number of carbonyl (C=O) groups is 1. The van der Waals surface area contributed by atoms with Gasteiger partial charge in [-0.05, 0) is 18.8 Å². The minimum Gasteiger partial charge on any atom is -0.383 e. The van der Waals surface area contributed by atoms with E-state index < -0.39 is 5.91 Å². The summed E-state index contributed by atoms with van der Waals surface area (Å²) in [6.45, 7) is 5.32. The maximum atomic E-state index is 11.3. The van der Waals surface area contributed by atoms with Crippen LogP contribution in [0, 0.1) is 5.92 Å². The number of amidine groups is 1. The Hall–Kier alpha value is -1.36. The number of nitrogens with two attached hydrogens (primary N) is 2. The first-order chi connectivity index (χ1) is 8.00. The van der Waals surface area contributed by atoms with Gasteiger partial charge < -0.3 is 16.2 Å². The van der Waals surface area contributed by atoms with E-state index >= 15 is 0 Å². The number of allylic oxidation sites excluding steroid dienone is 1. The molecule has 4 N–H and O–H groups in total. The molecule has 1 saturated heterocycles. The lowest BCUT2D eigenvalue weighted by Gasteiger charge is -2.19. The van der Waals surface area contributed by atoms with E-state index in [4.69, 9.17) is 16.2 Å². The third kappa shape index (κ3) is 4.56. The highest BCUT2D eigenvalue weighted by Gasteiger charge is 2.16. The van der Waals surface area contributed by atoms with Gasteiger partial charge in [-0.25, -0.2) is 0 Å². The molecule has 0 atom stereocenters. The average Bonchev–Trinajstić information content (AvgIpc) is 2.26. The van der Waals surface area contributed by atoms with E-state index in [0.717, 1.165) is 12.8 Å². The van der Waals surface area contributed by atoms with E-state index in [2.05, 4.69) is 4.99 Å². The van der Waals surface area contributed by atoms with Crippen LogP contribution in [-0.4, -0.2) is 31.0 Å². The molecule has 0 aromatic carbocycles. The molecule has 5 nitrogen and oxygen atoms in total. The molecular weight excluding hydrogens is 218 g/mol. The lowest BCUT2D eigenvalue weighted by Crippen LogP contribution is -2.30. The number of amides is 1. The SMILES string of the molecule is CC(C)/C=C(/C(N)=O)C(N)=NC1CCOCC1. The van der Waals surface area contributed by atoms with Crippen molar-refractivity contribution in [2.24, 2.45) is 22.4 Å². The summed E-state index contributed by atoms with van der Waals surface area (Å²) in [5.74, 6) is -0.0638. The van der Waals surface area contributed by atoms with E-state index in [0.29, 0.717) is 18.8 Å². The zero-order valence-corrected chi connectivity index (χ0v) is 10.5. The molecule has 5 heteroatoms. The molecule has 0 radical (unpaired) electrons. The molecule has 96 valence electrons. The predicted octanol–water partition coefficient (Wildman–Crippen LogP) is 0.590. The van der Waals surface area contributed by atoms with Crippen molar-refractivity contribution >= 4 is 11.7 Å². The van der Waals surface area contributed by atoms with Crippen LogP contribution in [0.1, 0.15) is 26.7 Å². The zero-order valence-electron chi connectivity index (χ0n) is 10.5. The second-order valence-electron chi connectivity index (χ2n) is 4.55. The summed E-state index contributed by atoms with van der Waals surface area (Å²) < 4.78 is 5.24. The molecule has 1 aliphatic rings. The van der Waals surface area contributed by atoms with Crippen molar-refractivity contribution in [3.63, 3.8) is 0 Å². The number of ether oxygens (including phenoxy) is 1. The minimum atomic E-state index is -0.521. The predicted molar refractivity (Wildman–Crippen MR) is 67.6 cm³/mol. The number of aliphatic imine (C=N–C) groups is 1. The van der Waals surface area contributed by atoms with Crippen molar-refractivity contribution in [1.29, 1.82) is 0 Å². The second kappa shape index (κ2) is 6.39. The number of hydrogen-bond acceptors (Lipinski definition) is 3. The third-order valence-corrected chi connectivity index (χ3v) is 2.55. The number of primary amides is 1. The van der Waals surface area contributed by atoms with Gasteiger partial charge in [0.1, 0.15) is 5.84 Å². The summed E-state index contributed by atoms with van der Waals surface area (Å²) in [7, 11) is 0. The number of hydrogen-bond donors (Lipinski definition) is 2. The first kappa shape index (κ1) is 13.7. The first-order valence-corrected chi connectivity index (χ1v) is 5.93. The Labute approximate surface area is 102 Å². The van der Waals surface area contributed by atoms with Crippen molar-refractivity contribution < 1.29 is 9.53 Å². The monoisotopic (exact) mass is 239 g/mol. The highest BCUT2D eigenvalue weighted by Crippen LogP contribution is 2.12. The van der Waals surface area contributed by atoms with Crippen molar-refractivity contribution in [2.45, 2.75) is 32.7 Å². The van der Waals surface area contributed by atoms with Crippen molar-refractivity contribution in [3.05, 3.63) is 11.6 Å². The summed E-state index contributed by atoms with van der Waals surface area (Å²) in [4.78, 5) is 15.6. The molecule has 17 heavy (non-hydrogen) atoms. The fourth-order valence-corrected chi connectivity index (χ4v) is 1.71. The van der Waals surface area contributed by atoms with E-state index in [1.165, 1.54) is 0 Å². The molecule has 0 bridgehead atoms. The van der Waals surface area contributed by atoms with E-state index in [1.807, 2.05) is 13.8 Å². The van der Waals surface area contributed by atoms with Gasteiger partial charge in [0.25, 0.3) is 5.91 Å². The Morgan fingerprint density at radius 3 is 2.41 bits per heavy atom. The first-order valence-electron chi connectivity index (χ1n) is 5.93. The van der Waals surface area contributed by atoms with Crippen LogP contribution in [0.3, 0.4) is 0 Å². The molecule has 0 aliphatic carbocycles. The van der Waals surface area contributed by atoms with Gasteiger partial charge in [-0.2, -0.15) is 0 Å². The quantitative estimate of drug-likeness (QED) is 0.427. The normalized spacial score (nSPS) is 19.7. The van der Waals surface area contributed by atoms with Crippen LogP contribution in [0.15, 0.2) is 16.6 Å². The summed E-state index contributed by atoms with van der Waals surface area (Å²) >= 11 is 0. The Morgan fingerprint density at radius 2 is 1.94 bits per heavy atom. The highest BCUT2D eigenvalue weighted by molar-refractivity contribution is 6.19. The van der Waals surface area contributed by atoms with Crippen LogP contribution in [0.4, 0.5) is 0 Å². The van der Waals surface area contributed by atoms with Gasteiger partial charge in [-0.3, -0.25) is 9.79 Å². The fraction of sp³-hybridized carbons (Fsp3) is 0.667. The molecule has 0 aromatic rings. The summed E-state index contributed by atoms with van der Waals surface area (Å²) in [6.07, 6.45) is 3.43. The van der Waals surface area contributed by atoms with Gasteiger partial charge in [-0.15, -0.1) is 0 Å². The number of rotatable bonds is 4. The number of carbonyl (C=O) groups excluding carboxylic acids is 1. The second-order valence-corrected chi connectivity index (χ2v) is 4.55. The van der Waals surface area contributed by atoms with Gasteiger partial charge >= 0.3 is 0 Å². The topological polar surface area (TPSA) is 90.7 Å². The lowest BCUT2D eigenvalue weighted by atomic mass is 10.1. The largest absolute Gasteiger partial charge is 0.383 e. The fourth-order valence-electron chi connectivity index (χ4n) is 1.71. The smallest absolute Gasteiger partial charge is 0.252 e. The molecule has 1 aliphatic heterocycles. The van der Waals surface area contributed by atoms with E-state index in [-0.39, 0.29) is 17.8 Å². The van der Waals surface area contributed by atoms with Gasteiger partial charge in [-0.1, -0.05) is 19.9 Å². The zero-order chi connectivity index (χ0) is 12.8. The maximum absolute atomic E-state index is 11.3. The van der Waals surface area contributed by atoms with Gasteiger partial charge in [0.05, 0.1) is 11.6 Å². The molecule has 0 saturated carbocycles. The van der Waals surface area contributed by atoms with Crippen molar-refractivity contribution in [2.75, 3.05) is 13.2 Å². The molecule has 0 spiro atoms. The molecule has 0 aromatic heterocycles. The van der Waals surface area contributed by atoms with Crippen LogP contribution in [0.5, 0.6) is 0 Å². The molecule has 1 fully saturated rings. The molecule has 1 amide bonds. The van der Waals surface area contributed by atoms with E-state index in [1.54, 1.807) is 6.08 Å². The van der Waals surface area contributed by atoms with Gasteiger partial charge in [0.15, 0.2) is 0 Å². The summed E-state index contributed by atoms with van der Waals surface area (Å²) in [5.41, 5.74) is 11.5. The Morgan fingerprint density at radius 1 is 1.35 bits per heavy atom. The maximum Gasteiger partial charge on any atom is 0.252 e. The van der Waals surface area contributed by atoms with Gasteiger partial charge in [0.2, 0.25) is 0 Å². The molecule has 0 unspecified atom stereocenters. The van der Waals surface area contributed by atoms with Crippen LogP contribution in [0.25, 0.3) is 0 Å². The summed E-state index contributed by atoms with van der Waals surface area (Å²) in [6, 6.07) is 0.138. The van der Waals surface area contributed by atoms with E-state index in [9.17, 15) is 4.79 Å². The lowest BCUT2D eigenvalue weighted by molar-refractivity contribution is -0.114. The Balaban J connectivity index is 2.79. The minimum absolute atomic E-state index is 0.138. The average molecular weight is 239 g/mol. The summed E-state index contributed by atoms with van der Waals surface area (Å²) in [5, 5.41) is 0. The molecule has 1 rings (SSSR count). The Kier molecular flexibility index (Phi) is 5.15. The van der Waals surface area contributed by atoms with Crippen LogP contribution < -0.4 is 11.5 Å². The van der Waals surface area contributed by atoms with Crippen LogP contribution in [0.2, 0.25) is 0 Å². The number of nitrogens with zero attached hydrogens (tertiary/aromatic N) is 1. The molecular formula is C12H21N3O2. The van der Waals surface area contributed by atoms with Crippen LogP contribution in [-0.2, 0) is 9.53 Å². The third-order valence-electron chi connectivity index (χ3n) is 2.55. The highest BCUT2D eigenvalue weighted by atomic mass is 16.5.